The van der Waals surface area contributed by atoms with Crippen molar-refractivity contribution >= 4 is 16.8 Å². The number of carbonyl (C=O) groups excluding carboxylic acids is 1. The monoisotopic (exact) mass is 380 g/mol. The molecule has 3 aromatic rings. The summed E-state index contributed by atoms with van der Waals surface area (Å²) in [5.41, 5.74) is 3.04. The molecule has 1 N–H and O–H groups in total. The van der Waals surface area contributed by atoms with Gasteiger partial charge in [0.05, 0.1) is 0 Å². The zero-order chi connectivity index (χ0) is 20.1. The normalized spacial score (nSPS) is 12.5. The predicted molar refractivity (Wildman–Crippen MR) is 113 cm³/mol. The minimum absolute atomic E-state index is 0.00300. The first-order valence-corrected chi connectivity index (χ1v) is 10.1. The molecule has 2 aromatic carbocycles. The standard InChI is InChI=1S/C24H29FN2O/c1-4-27-16-22(20-10-5-6-11-23(20)27)21(18-8-7-9-19(25)14-18)15-24(28)26-13-12-17(2)3/h5-11,14,16-17,21H,4,12-13,15H2,1-3H3,(H,26,28)/t21-/m1/s1. The van der Waals surface area contributed by atoms with Gasteiger partial charge in [0.15, 0.2) is 0 Å². The number of benzene rings is 2. The van der Waals surface area contributed by atoms with Crippen molar-refractivity contribution in [1.82, 2.24) is 9.88 Å². The molecule has 0 fully saturated rings. The molecule has 0 spiro atoms. The number of nitrogens with one attached hydrogen (secondary N) is 1. The Morgan fingerprint density at radius 2 is 1.93 bits per heavy atom. The minimum Gasteiger partial charge on any atom is -0.356 e. The molecule has 1 heterocycles. The molecule has 0 saturated heterocycles. The molecule has 1 atom stereocenters. The van der Waals surface area contributed by atoms with Crippen molar-refractivity contribution in [1.29, 1.82) is 0 Å². The number of aromatic nitrogens is 1. The number of rotatable bonds is 8. The Kier molecular flexibility index (Phi) is 6.50. The molecule has 0 aliphatic rings. The molecule has 1 aromatic heterocycles. The van der Waals surface area contributed by atoms with Crippen LogP contribution in [0.2, 0.25) is 0 Å². The van der Waals surface area contributed by atoms with Crippen molar-refractivity contribution in [2.45, 2.75) is 46.1 Å². The van der Waals surface area contributed by atoms with Crippen LogP contribution in [0, 0.1) is 11.7 Å². The third-order valence-corrected chi connectivity index (χ3v) is 5.22. The van der Waals surface area contributed by atoms with Crippen molar-refractivity contribution in [3.05, 3.63) is 71.7 Å². The van der Waals surface area contributed by atoms with Crippen molar-refractivity contribution in [2.24, 2.45) is 5.92 Å². The van der Waals surface area contributed by atoms with Gasteiger partial charge in [0.25, 0.3) is 0 Å². The molecular formula is C24H29FN2O. The molecule has 4 heteroatoms. The van der Waals surface area contributed by atoms with Gasteiger partial charge in [-0.15, -0.1) is 0 Å². The van der Waals surface area contributed by atoms with Crippen LogP contribution in [0.25, 0.3) is 10.9 Å². The van der Waals surface area contributed by atoms with Crippen LogP contribution in [0.15, 0.2) is 54.7 Å². The molecule has 0 radical (unpaired) electrons. The third-order valence-electron chi connectivity index (χ3n) is 5.22. The number of fused-ring (bicyclic) bond motifs is 1. The molecule has 0 aliphatic carbocycles. The summed E-state index contributed by atoms with van der Waals surface area (Å²) in [6.45, 7) is 7.90. The number of halogens is 1. The molecule has 0 unspecified atom stereocenters. The maximum atomic E-state index is 14.0. The summed E-state index contributed by atoms with van der Waals surface area (Å²) in [6, 6.07) is 14.8. The van der Waals surface area contributed by atoms with Gasteiger partial charge in [-0.3, -0.25) is 4.79 Å². The fraction of sp³-hybridized carbons (Fsp3) is 0.375. The Morgan fingerprint density at radius 3 is 2.64 bits per heavy atom. The Hall–Kier alpha value is -2.62. The van der Waals surface area contributed by atoms with E-state index in [0.29, 0.717) is 18.9 Å². The number of carbonyl (C=O) groups is 1. The van der Waals surface area contributed by atoms with E-state index < -0.39 is 0 Å². The van der Waals surface area contributed by atoms with Gasteiger partial charge in [-0.25, -0.2) is 4.39 Å². The smallest absolute Gasteiger partial charge is 0.220 e. The molecule has 148 valence electrons. The second-order valence-electron chi connectivity index (χ2n) is 7.73. The number of para-hydroxylation sites is 1. The van der Waals surface area contributed by atoms with Gasteiger partial charge in [-0.2, -0.15) is 0 Å². The number of aryl methyl sites for hydroxylation is 1. The predicted octanol–water partition coefficient (Wildman–Crippen LogP) is 5.48. The maximum Gasteiger partial charge on any atom is 0.220 e. The Balaban J connectivity index is 1.97. The van der Waals surface area contributed by atoms with Gasteiger partial charge in [-0.1, -0.05) is 44.2 Å². The van der Waals surface area contributed by atoms with Gasteiger partial charge in [-0.05, 0) is 48.6 Å². The lowest BCUT2D eigenvalue weighted by atomic mass is 9.88. The van der Waals surface area contributed by atoms with E-state index in [1.807, 2.05) is 18.2 Å². The second-order valence-corrected chi connectivity index (χ2v) is 7.73. The van der Waals surface area contributed by atoms with E-state index in [2.05, 4.69) is 49.0 Å². The van der Waals surface area contributed by atoms with Gasteiger partial charge in [0.1, 0.15) is 5.82 Å². The highest BCUT2D eigenvalue weighted by Gasteiger charge is 2.23. The van der Waals surface area contributed by atoms with Crippen LogP contribution in [-0.2, 0) is 11.3 Å². The van der Waals surface area contributed by atoms with E-state index in [9.17, 15) is 9.18 Å². The highest BCUT2D eigenvalue weighted by Crippen LogP contribution is 2.35. The van der Waals surface area contributed by atoms with Gasteiger partial charge >= 0.3 is 0 Å². The molecular weight excluding hydrogens is 351 g/mol. The van der Waals surface area contributed by atoms with E-state index in [-0.39, 0.29) is 17.6 Å². The van der Waals surface area contributed by atoms with Crippen LogP contribution in [0.1, 0.15) is 50.7 Å². The van der Waals surface area contributed by atoms with Gasteiger partial charge < -0.3 is 9.88 Å². The zero-order valence-corrected chi connectivity index (χ0v) is 16.9. The molecule has 1 amide bonds. The summed E-state index contributed by atoms with van der Waals surface area (Å²) in [6.07, 6.45) is 3.37. The Labute approximate surface area is 166 Å². The zero-order valence-electron chi connectivity index (χ0n) is 16.9. The molecule has 28 heavy (non-hydrogen) atoms. The quantitative estimate of drug-likeness (QED) is 0.551. The molecule has 0 aliphatic heterocycles. The SMILES string of the molecule is CCn1cc([C@H](CC(=O)NCCC(C)C)c2cccc(F)c2)c2ccccc21. The molecule has 3 rings (SSSR count). The molecule has 0 saturated carbocycles. The minimum atomic E-state index is -0.276. The third kappa shape index (κ3) is 4.61. The highest BCUT2D eigenvalue weighted by atomic mass is 19.1. The van der Waals surface area contributed by atoms with Crippen molar-refractivity contribution in [3.8, 4) is 0 Å². The van der Waals surface area contributed by atoms with E-state index in [1.54, 1.807) is 12.1 Å². The summed E-state index contributed by atoms with van der Waals surface area (Å²) in [5, 5.41) is 4.15. The van der Waals surface area contributed by atoms with Crippen LogP contribution >= 0.6 is 0 Å². The lowest BCUT2D eigenvalue weighted by Crippen LogP contribution is -2.27. The number of hydrogen-bond donors (Lipinski definition) is 1. The van der Waals surface area contributed by atoms with Crippen LogP contribution < -0.4 is 5.32 Å². The first kappa shape index (κ1) is 20.1. The van der Waals surface area contributed by atoms with E-state index in [4.69, 9.17) is 0 Å². The molecule has 3 nitrogen and oxygen atoms in total. The van der Waals surface area contributed by atoms with E-state index in [1.165, 1.54) is 6.07 Å². The lowest BCUT2D eigenvalue weighted by molar-refractivity contribution is -0.121. The fourth-order valence-corrected chi connectivity index (χ4v) is 3.70. The Bertz CT molecular complexity index is 945. The Morgan fingerprint density at radius 1 is 1.14 bits per heavy atom. The largest absolute Gasteiger partial charge is 0.356 e. The van der Waals surface area contributed by atoms with Crippen molar-refractivity contribution in [3.63, 3.8) is 0 Å². The first-order chi connectivity index (χ1) is 13.5. The van der Waals surface area contributed by atoms with E-state index in [0.717, 1.165) is 35.0 Å². The van der Waals surface area contributed by atoms with Crippen LogP contribution in [0.4, 0.5) is 4.39 Å². The summed E-state index contributed by atoms with van der Waals surface area (Å²) >= 11 is 0. The highest BCUT2D eigenvalue weighted by molar-refractivity contribution is 5.86. The van der Waals surface area contributed by atoms with Crippen LogP contribution in [0.3, 0.4) is 0 Å². The average molecular weight is 381 g/mol. The van der Waals surface area contributed by atoms with Crippen molar-refractivity contribution < 1.29 is 9.18 Å². The summed E-state index contributed by atoms with van der Waals surface area (Å²) in [5.74, 6) is 0.0829. The van der Waals surface area contributed by atoms with E-state index >= 15 is 0 Å². The second kappa shape index (κ2) is 9.05. The summed E-state index contributed by atoms with van der Waals surface area (Å²) < 4.78 is 16.1. The summed E-state index contributed by atoms with van der Waals surface area (Å²) in [4.78, 5) is 12.7. The first-order valence-electron chi connectivity index (χ1n) is 10.1. The topological polar surface area (TPSA) is 34.0 Å². The van der Waals surface area contributed by atoms with Gasteiger partial charge in [0.2, 0.25) is 5.91 Å². The molecule has 0 bridgehead atoms. The number of hydrogen-bond acceptors (Lipinski definition) is 1. The van der Waals surface area contributed by atoms with Crippen molar-refractivity contribution in [2.75, 3.05) is 6.54 Å². The van der Waals surface area contributed by atoms with Crippen LogP contribution in [0.5, 0.6) is 0 Å². The number of amides is 1. The summed E-state index contributed by atoms with van der Waals surface area (Å²) in [7, 11) is 0. The lowest BCUT2D eigenvalue weighted by Gasteiger charge is -2.18. The number of nitrogens with zero attached hydrogens (tertiary/aromatic N) is 1. The maximum absolute atomic E-state index is 14.0. The van der Waals surface area contributed by atoms with Gasteiger partial charge in [0, 0.05) is 42.5 Å². The fourth-order valence-electron chi connectivity index (χ4n) is 3.70. The average Bonchev–Trinajstić information content (AvgIpc) is 3.04. The van der Waals surface area contributed by atoms with Crippen LogP contribution in [-0.4, -0.2) is 17.0 Å².